The maximum atomic E-state index is 4.50. The van der Waals surface area contributed by atoms with Gasteiger partial charge in [0.1, 0.15) is 0 Å². The Labute approximate surface area is 126 Å². The summed E-state index contributed by atoms with van der Waals surface area (Å²) in [6, 6.07) is 4.40. The van der Waals surface area contributed by atoms with Gasteiger partial charge in [0, 0.05) is 38.4 Å². The Kier molecular flexibility index (Phi) is 3.91. The van der Waals surface area contributed by atoms with Gasteiger partial charge in [-0.3, -0.25) is 4.90 Å². The average Bonchev–Trinajstić information content (AvgIpc) is 2.84. The van der Waals surface area contributed by atoms with Crippen molar-refractivity contribution >= 4 is 27.5 Å². The number of pyridine rings is 1. The molecule has 1 N–H and O–H groups in total. The molecule has 20 heavy (non-hydrogen) atoms. The first-order valence-electron chi connectivity index (χ1n) is 6.77. The lowest BCUT2D eigenvalue weighted by Crippen LogP contribution is -2.52. The van der Waals surface area contributed by atoms with Crippen LogP contribution in [0.3, 0.4) is 0 Å². The molecule has 2 aromatic heterocycles. The maximum absolute atomic E-state index is 4.50. The van der Waals surface area contributed by atoms with Gasteiger partial charge in [0.2, 0.25) is 5.95 Å². The van der Waals surface area contributed by atoms with Crippen molar-refractivity contribution in [3.8, 4) is 0 Å². The number of piperazine rings is 1. The van der Waals surface area contributed by atoms with E-state index in [-0.39, 0.29) is 0 Å². The smallest absolute Gasteiger partial charge is 0.243 e. The number of aromatic nitrogens is 3. The maximum Gasteiger partial charge on any atom is 0.243 e. The molecule has 3 rings (SSSR count). The molecule has 0 aliphatic carbocycles. The van der Waals surface area contributed by atoms with Crippen molar-refractivity contribution in [2.24, 2.45) is 0 Å². The Morgan fingerprint density at radius 1 is 1.40 bits per heavy atom. The minimum atomic E-state index is 0.490. The van der Waals surface area contributed by atoms with Crippen molar-refractivity contribution in [2.45, 2.75) is 6.04 Å². The Hall–Kier alpha value is -1.18. The van der Waals surface area contributed by atoms with E-state index in [9.17, 15) is 0 Å². The van der Waals surface area contributed by atoms with Crippen LogP contribution in [0.2, 0.25) is 0 Å². The highest BCUT2D eigenvalue weighted by atomic mass is 79.9. The molecule has 7 heteroatoms. The highest BCUT2D eigenvalue weighted by Crippen LogP contribution is 2.17. The first-order chi connectivity index (χ1) is 9.63. The monoisotopic (exact) mass is 338 g/mol. The summed E-state index contributed by atoms with van der Waals surface area (Å²) >= 11 is 3.49. The Balaban J connectivity index is 1.69. The van der Waals surface area contributed by atoms with Crippen LogP contribution in [-0.4, -0.2) is 70.7 Å². The minimum Gasteiger partial charge on any atom is -0.351 e. The fraction of sp³-hybridized carbons (Fsp3) is 0.538. The van der Waals surface area contributed by atoms with E-state index in [0.29, 0.717) is 12.0 Å². The zero-order valence-electron chi connectivity index (χ0n) is 11.8. The molecule has 0 saturated carbocycles. The highest BCUT2D eigenvalue weighted by Gasteiger charge is 2.22. The van der Waals surface area contributed by atoms with E-state index in [1.54, 1.807) is 4.52 Å². The normalized spacial score (nSPS) is 21.4. The molecule has 0 aromatic carbocycles. The summed E-state index contributed by atoms with van der Waals surface area (Å²) in [5.41, 5.74) is 0.837. The van der Waals surface area contributed by atoms with Crippen LogP contribution in [0.1, 0.15) is 0 Å². The van der Waals surface area contributed by atoms with Crippen LogP contribution >= 0.6 is 15.9 Å². The molecule has 0 spiro atoms. The first kappa shape index (κ1) is 13.8. The lowest BCUT2D eigenvalue weighted by Gasteiger charge is -2.37. The molecular formula is C13H19BrN6. The summed E-state index contributed by atoms with van der Waals surface area (Å²) in [6.45, 7) is 4.16. The number of likely N-dealkylation sites (N-methyl/N-ethyl adjacent to an activating group) is 2. The summed E-state index contributed by atoms with van der Waals surface area (Å²) < 4.78 is 2.73. The van der Waals surface area contributed by atoms with E-state index in [1.807, 2.05) is 18.3 Å². The fourth-order valence-corrected chi connectivity index (χ4v) is 2.90. The van der Waals surface area contributed by atoms with Gasteiger partial charge in [-0.05, 0) is 42.2 Å². The van der Waals surface area contributed by atoms with Crippen molar-refractivity contribution < 1.29 is 0 Å². The van der Waals surface area contributed by atoms with Crippen molar-refractivity contribution in [1.29, 1.82) is 0 Å². The molecule has 1 saturated heterocycles. The molecule has 6 nitrogen and oxygen atoms in total. The molecule has 1 fully saturated rings. The molecule has 108 valence electrons. The van der Waals surface area contributed by atoms with E-state index in [0.717, 1.165) is 36.3 Å². The summed E-state index contributed by atoms with van der Waals surface area (Å²) in [7, 11) is 4.34. The van der Waals surface area contributed by atoms with Gasteiger partial charge in [0.15, 0.2) is 5.65 Å². The standard InChI is InChI=1S/C13H19BrN6/c1-18-6-7-19(2)10(9-18)8-15-13-16-12-11(14)4-3-5-20(12)17-13/h3-5,10H,6-9H2,1-2H3,(H,15,17). The second-order valence-electron chi connectivity index (χ2n) is 5.34. The molecule has 1 atom stereocenters. The SMILES string of the molecule is CN1CCN(C)C(CNc2nc3c(Br)cccn3n2)C1. The summed E-state index contributed by atoms with van der Waals surface area (Å²) in [5.74, 6) is 0.679. The quantitative estimate of drug-likeness (QED) is 0.909. The van der Waals surface area contributed by atoms with Crippen molar-refractivity contribution in [1.82, 2.24) is 24.4 Å². The zero-order chi connectivity index (χ0) is 14.1. The third-order valence-corrected chi connectivity index (χ3v) is 4.41. The predicted molar refractivity (Wildman–Crippen MR) is 83.1 cm³/mol. The third kappa shape index (κ3) is 2.79. The lowest BCUT2D eigenvalue weighted by atomic mass is 10.2. The van der Waals surface area contributed by atoms with Gasteiger partial charge in [-0.1, -0.05) is 0 Å². The van der Waals surface area contributed by atoms with Crippen molar-refractivity contribution in [2.75, 3.05) is 45.6 Å². The van der Waals surface area contributed by atoms with Gasteiger partial charge in [-0.25, -0.2) is 4.52 Å². The van der Waals surface area contributed by atoms with Gasteiger partial charge in [-0.15, -0.1) is 5.10 Å². The highest BCUT2D eigenvalue weighted by molar-refractivity contribution is 9.10. The molecule has 1 aliphatic heterocycles. The van der Waals surface area contributed by atoms with Crippen molar-refractivity contribution in [3.05, 3.63) is 22.8 Å². The average molecular weight is 339 g/mol. The number of fused-ring (bicyclic) bond motifs is 1. The molecule has 0 amide bonds. The molecule has 1 aliphatic rings. The largest absolute Gasteiger partial charge is 0.351 e. The number of anilines is 1. The molecule has 3 heterocycles. The van der Waals surface area contributed by atoms with Gasteiger partial charge >= 0.3 is 0 Å². The van der Waals surface area contributed by atoms with E-state index in [4.69, 9.17) is 0 Å². The summed E-state index contributed by atoms with van der Waals surface area (Å²) in [4.78, 5) is 9.25. The van der Waals surface area contributed by atoms with E-state index in [2.05, 4.69) is 55.2 Å². The Bertz CT molecular complexity index is 598. The van der Waals surface area contributed by atoms with Gasteiger partial charge in [-0.2, -0.15) is 4.98 Å². The number of rotatable bonds is 3. The zero-order valence-corrected chi connectivity index (χ0v) is 13.3. The van der Waals surface area contributed by atoms with Gasteiger partial charge in [0.05, 0.1) is 4.47 Å². The topological polar surface area (TPSA) is 48.7 Å². The van der Waals surface area contributed by atoms with Crippen LogP contribution < -0.4 is 5.32 Å². The number of nitrogens with one attached hydrogen (secondary N) is 1. The first-order valence-corrected chi connectivity index (χ1v) is 7.56. The van der Waals surface area contributed by atoms with E-state index < -0.39 is 0 Å². The number of hydrogen-bond acceptors (Lipinski definition) is 5. The molecule has 1 unspecified atom stereocenters. The molecular weight excluding hydrogens is 320 g/mol. The van der Waals surface area contributed by atoms with E-state index >= 15 is 0 Å². The number of halogens is 1. The van der Waals surface area contributed by atoms with Crippen LogP contribution in [0.5, 0.6) is 0 Å². The van der Waals surface area contributed by atoms with E-state index in [1.165, 1.54) is 0 Å². The Morgan fingerprint density at radius 3 is 3.05 bits per heavy atom. The molecule has 2 aromatic rings. The van der Waals surface area contributed by atoms with Gasteiger partial charge in [0.25, 0.3) is 0 Å². The van der Waals surface area contributed by atoms with Crippen LogP contribution in [0, 0.1) is 0 Å². The minimum absolute atomic E-state index is 0.490. The molecule has 0 bridgehead atoms. The van der Waals surface area contributed by atoms with Crippen LogP contribution in [-0.2, 0) is 0 Å². The van der Waals surface area contributed by atoms with Crippen LogP contribution in [0.25, 0.3) is 5.65 Å². The van der Waals surface area contributed by atoms with Crippen LogP contribution in [0.15, 0.2) is 22.8 Å². The number of nitrogens with zero attached hydrogens (tertiary/aromatic N) is 5. The molecule has 0 radical (unpaired) electrons. The predicted octanol–water partition coefficient (Wildman–Crippen LogP) is 1.15. The summed E-state index contributed by atoms with van der Waals surface area (Å²) in [6.07, 6.45) is 1.90. The second kappa shape index (κ2) is 5.67. The van der Waals surface area contributed by atoms with Crippen LogP contribution in [0.4, 0.5) is 5.95 Å². The second-order valence-corrected chi connectivity index (χ2v) is 6.19. The summed E-state index contributed by atoms with van der Waals surface area (Å²) in [5, 5.41) is 7.78. The van der Waals surface area contributed by atoms with Crippen molar-refractivity contribution in [3.63, 3.8) is 0 Å². The fourth-order valence-electron chi connectivity index (χ4n) is 2.48. The Morgan fingerprint density at radius 2 is 2.25 bits per heavy atom. The third-order valence-electron chi connectivity index (χ3n) is 3.79. The lowest BCUT2D eigenvalue weighted by molar-refractivity contribution is 0.121. The number of hydrogen-bond donors (Lipinski definition) is 1. The van der Waals surface area contributed by atoms with Gasteiger partial charge < -0.3 is 10.2 Å².